The number of carbonyl (C=O) groups excluding carboxylic acids is 1. The summed E-state index contributed by atoms with van der Waals surface area (Å²) in [5.41, 5.74) is 7.22. The van der Waals surface area contributed by atoms with Crippen molar-refractivity contribution in [3.63, 3.8) is 0 Å². The number of fused-ring (bicyclic) bond motifs is 1. The van der Waals surface area contributed by atoms with Gasteiger partial charge in [-0.2, -0.15) is 0 Å². The first kappa shape index (κ1) is 9.21. The second-order valence-electron chi connectivity index (χ2n) is 3.71. The van der Waals surface area contributed by atoms with E-state index in [2.05, 4.69) is 11.4 Å². The quantitative estimate of drug-likeness (QED) is 0.666. The zero-order chi connectivity index (χ0) is 10.1. The molecule has 2 unspecified atom stereocenters. The highest BCUT2D eigenvalue weighted by atomic mass is 16.1. The van der Waals surface area contributed by atoms with Gasteiger partial charge in [-0.15, -0.1) is 0 Å². The van der Waals surface area contributed by atoms with Crippen molar-refractivity contribution < 1.29 is 4.79 Å². The molecular formula is C11H14N2O. The second kappa shape index (κ2) is 3.42. The van der Waals surface area contributed by atoms with Crippen LogP contribution >= 0.6 is 0 Å². The van der Waals surface area contributed by atoms with Crippen molar-refractivity contribution in [1.82, 2.24) is 5.32 Å². The fraction of sp³-hybridized carbons (Fsp3) is 0.364. The lowest BCUT2D eigenvalue weighted by Crippen LogP contribution is -2.28. The van der Waals surface area contributed by atoms with Crippen molar-refractivity contribution in [2.75, 3.05) is 6.54 Å². The number of allylic oxidation sites excluding steroid dienone is 2. The molecule has 1 aliphatic heterocycles. The molecule has 0 aromatic heterocycles. The molecule has 0 aromatic rings. The SMILES string of the molecule is CC1=CC2C=C(C(=O)CN)C=CC2N1. The molecule has 0 bridgehead atoms. The molecule has 3 nitrogen and oxygen atoms in total. The third kappa shape index (κ3) is 1.51. The molecule has 0 aromatic carbocycles. The van der Waals surface area contributed by atoms with Crippen LogP contribution in [0.25, 0.3) is 0 Å². The Morgan fingerprint density at radius 1 is 1.57 bits per heavy atom. The van der Waals surface area contributed by atoms with E-state index in [0.717, 1.165) is 5.57 Å². The minimum Gasteiger partial charge on any atom is -0.382 e. The maximum atomic E-state index is 11.4. The van der Waals surface area contributed by atoms with Crippen LogP contribution in [0.15, 0.2) is 35.6 Å². The lowest BCUT2D eigenvalue weighted by atomic mass is 9.92. The summed E-state index contributed by atoms with van der Waals surface area (Å²) in [6.07, 6.45) is 8.01. The number of hydrogen-bond acceptors (Lipinski definition) is 3. The molecule has 3 heteroatoms. The fourth-order valence-electron chi connectivity index (χ4n) is 1.90. The topological polar surface area (TPSA) is 55.1 Å². The predicted molar refractivity (Wildman–Crippen MR) is 55.5 cm³/mol. The Morgan fingerprint density at radius 3 is 3.07 bits per heavy atom. The van der Waals surface area contributed by atoms with Gasteiger partial charge in [0.05, 0.1) is 12.6 Å². The van der Waals surface area contributed by atoms with E-state index in [4.69, 9.17) is 5.73 Å². The van der Waals surface area contributed by atoms with Gasteiger partial charge in [0.1, 0.15) is 0 Å². The molecule has 0 amide bonds. The Balaban J connectivity index is 2.21. The zero-order valence-electron chi connectivity index (χ0n) is 8.16. The molecule has 14 heavy (non-hydrogen) atoms. The van der Waals surface area contributed by atoms with E-state index >= 15 is 0 Å². The molecule has 0 radical (unpaired) electrons. The molecule has 2 atom stereocenters. The van der Waals surface area contributed by atoms with Crippen LogP contribution in [0.1, 0.15) is 6.92 Å². The van der Waals surface area contributed by atoms with E-state index in [1.807, 2.05) is 25.2 Å². The van der Waals surface area contributed by atoms with Crippen LogP contribution in [0.2, 0.25) is 0 Å². The summed E-state index contributed by atoms with van der Waals surface area (Å²) in [5.74, 6) is 0.322. The summed E-state index contributed by atoms with van der Waals surface area (Å²) in [6.45, 7) is 2.12. The van der Waals surface area contributed by atoms with E-state index in [9.17, 15) is 4.79 Å². The van der Waals surface area contributed by atoms with E-state index in [1.165, 1.54) is 5.70 Å². The number of Topliss-reactive ketones (excluding diaryl/α,β-unsaturated/α-hetero) is 1. The molecule has 0 spiro atoms. The van der Waals surface area contributed by atoms with Gasteiger partial charge >= 0.3 is 0 Å². The molecule has 1 heterocycles. The first-order valence-electron chi connectivity index (χ1n) is 4.79. The van der Waals surface area contributed by atoms with Gasteiger partial charge in [0.15, 0.2) is 5.78 Å². The van der Waals surface area contributed by atoms with Crippen molar-refractivity contribution in [3.05, 3.63) is 35.6 Å². The monoisotopic (exact) mass is 190 g/mol. The van der Waals surface area contributed by atoms with Crippen LogP contribution in [0.4, 0.5) is 0 Å². The average molecular weight is 190 g/mol. The van der Waals surface area contributed by atoms with Gasteiger partial charge in [-0.3, -0.25) is 4.79 Å². The molecule has 2 aliphatic rings. The summed E-state index contributed by atoms with van der Waals surface area (Å²) >= 11 is 0. The third-order valence-electron chi connectivity index (χ3n) is 2.61. The number of nitrogens with two attached hydrogens (primary N) is 1. The van der Waals surface area contributed by atoms with Gasteiger partial charge in [-0.25, -0.2) is 0 Å². The van der Waals surface area contributed by atoms with Gasteiger partial charge in [-0.1, -0.05) is 24.3 Å². The fourth-order valence-corrected chi connectivity index (χ4v) is 1.90. The first-order valence-corrected chi connectivity index (χ1v) is 4.79. The lowest BCUT2D eigenvalue weighted by Gasteiger charge is -2.18. The minimum atomic E-state index is 0.0117. The molecule has 3 N–H and O–H groups in total. The van der Waals surface area contributed by atoms with Gasteiger partial charge in [0, 0.05) is 17.2 Å². The van der Waals surface area contributed by atoms with Crippen LogP contribution in [-0.4, -0.2) is 18.4 Å². The Kier molecular flexibility index (Phi) is 2.25. The summed E-state index contributed by atoms with van der Waals surface area (Å²) in [5, 5.41) is 3.32. The van der Waals surface area contributed by atoms with Crippen molar-refractivity contribution in [3.8, 4) is 0 Å². The van der Waals surface area contributed by atoms with Crippen molar-refractivity contribution in [2.24, 2.45) is 11.7 Å². The average Bonchev–Trinajstić information content (AvgIpc) is 2.55. The Hall–Kier alpha value is -1.35. The highest BCUT2D eigenvalue weighted by Crippen LogP contribution is 2.25. The molecule has 1 aliphatic carbocycles. The highest BCUT2D eigenvalue weighted by Gasteiger charge is 2.25. The molecule has 0 saturated carbocycles. The smallest absolute Gasteiger partial charge is 0.176 e. The molecular weight excluding hydrogens is 176 g/mol. The maximum absolute atomic E-state index is 11.4. The third-order valence-corrected chi connectivity index (χ3v) is 2.61. The number of rotatable bonds is 2. The number of ketones is 1. The lowest BCUT2D eigenvalue weighted by molar-refractivity contribution is -0.114. The molecule has 0 saturated heterocycles. The van der Waals surface area contributed by atoms with Crippen molar-refractivity contribution in [1.29, 1.82) is 0 Å². The number of carbonyl (C=O) groups is 1. The number of nitrogens with one attached hydrogen (secondary N) is 1. The standard InChI is InChI=1S/C11H14N2O/c1-7-4-9-5-8(11(14)6-12)2-3-10(9)13-7/h2-5,9-10,13H,6,12H2,1H3. The first-order chi connectivity index (χ1) is 6.70. The van der Waals surface area contributed by atoms with Gasteiger partial charge in [0.25, 0.3) is 0 Å². The Morgan fingerprint density at radius 2 is 2.36 bits per heavy atom. The molecule has 74 valence electrons. The second-order valence-corrected chi connectivity index (χ2v) is 3.71. The van der Waals surface area contributed by atoms with Crippen LogP contribution < -0.4 is 11.1 Å². The maximum Gasteiger partial charge on any atom is 0.176 e. The summed E-state index contributed by atoms with van der Waals surface area (Å²) < 4.78 is 0. The van der Waals surface area contributed by atoms with E-state index in [0.29, 0.717) is 12.0 Å². The minimum absolute atomic E-state index is 0.0117. The molecule has 2 rings (SSSR count). The van der Waals surface area contributed by atoms with Crippen molar-refractivity contribution >= 4 is 5.78 Å². The summed E-state index contributed by atoms with van der Waals surface area (Å²) in [6, 6.07) is 0.323. The highest BCUT2D eigenvalue weighted by molar-refractivity contribution is 5.99. The van der Waals surface area contributed by atoms with Crippen LogP contribution in [0.3, 0.4) is 0 Å². The largest absolute Gasteiger partial charge is 0.382 e. The van der Waals surface area contributed by atoms with E-state index < -0.39 is 0 Å². The Bertz CT molecular complexity index is 352. The van der Waals surface area contributed by atoms with Gasteiger partial charge in [-0.05, 0) is 6.92 Å². The number of hydrogen-bond donors (Lipinski definition) is 2. The predicted octanol–water partition coefficient (Wildman–Crippen LogP) is 0.502. The van der Waals surface area contributed by atoms with Crippen LogP contribution in [0.5, 0.6) is 0 Å². The normalized spacial score (nSPS) is 29.0. The zero-order valence-corrected chi connectivity index (χ0v) is 8.16. The Labute approximate surface area is 83.4 Å². The van der Waals surface area contributed by atoms with Crippen molar-refractivity contribution in [2.45, 2.75) is 13.0 Å². The van der Waals surface area contributed by atoms with Gasteiger partial charge in [0.2, 0.25) is 0 Å². The van der Waals surface area contributed by atoms with Crippen LogP contribution in [0, 0.1) is 5.92 Å². The summed E-state index contributed by atoms with van der Waals surface area (Å²) in [4.78, 5) is 11.4. The van der Waals surface area contributed by atoms with Gasteiger partial charge < -0.3 is 11.1 Å². The summed E-state index contributed by atoms with van der Waals surface area (Å²) in [7, 11) is 0. The van der Waals surface area contributed by atoms with E-state index in [-0.39, 0.29) is 12.3 Å². The molecule has 0 fully saturated rings. The van der Waals surface area contributed by atoms with E-state index in [1.54, 1.807) is 0 Å². The van der Waals surface area contributed by atoms with Crippen LogP contribution in [-0.2, 0) is 4.79 Å².